The number of hydrogen-bond donors (Lipinski definition) is 2. The van der Waals surface area contributed by atoms with Crippen LogP contribution in [0.2, 0.25) is 0 Å². The van der Waals surface area contributed by atoms with Crippen molar-refractivity contribution in [2.24, 2.45) is 5.73 Å². The Balaban J connectivity index is 2.19. The molecule has 5 heteroatoms. The first-order chi connectivity index (χ1) is 8.70. The van der Waals surface area contributed by atoms with Crippen LogP contribution in [0.5, 0.6) is 0 Å². The molecule has 0 saturated heterocycles. The lowest BCUT2D eigenvalue weighted by atomic mass is 10.0. The molecule has 0 bridgehead atoms. The van der Waals surface area contributed by atoms with Gasteiger partial charge in [-0.05, 0) is 57.4 Å². The van der Waals surface area contributed by atoms with Crippen LogP contribution in [0.15, 0.2) is 18.2 Å². The molecule has 1 aliphatic carbocycles. The zero-order valence-electron chi connectivity index (χ0n) is 11.4. The summed E-state index contributed by atoms with van der Waals surface area (Å²) in [5.74, 6) is -0.360. The van der Waals surface area contributed by atoms with Gasteiger partial charge < -0.3 is 10.5 Å². The van der Waals surface area contributed by atoms with E-state index < -0.39 is 17.2 Å². The molecule has 1 aliphatic rings. The molecule has 1 amide bonds. The van der Waals surface area contributed by atoms with Crippen LogP contribution in [0.3, 0.4) is 0 Å². The fourth-order valence-electron chi connectivity index (χ4n) is 1.85. The van der Waals surface area contributed by atoms with Gasteiger partial charge in [0.2, 0.25) is 0 Å². The molecule has 1 saturated carbocycles. The van der Waals surface area contributed by atoms with E-state index in [0.29, 0.717) is 11.3 Å². The van der Waals surface area contributed by atoms with Crippen LogP contribution in [0.25, 0.3) is 0 Å². The molecule has 0 unspecified atom stereocenters. The van der Waals surface area contributed by atoms with Crippen LogP contribution in [0, 0.1) is 5.82 Å². The molecule has 3 N–H and O–H groups in total. The lowest BCUT2D eigenvalue weighted by molar-refractivity contribution is 0.0635. The van der Waals surface area contributed by atoms with Crippen LogP contribution in [0.4, 0.5) is 14.9 Å². The number of benzene rings is 1. The predicted octanol–water partition coefficient (Wildman–Crippen LogP) is 3.12. The monoisotopic (exact) mass is 266 g/mol. The molecule has 19 heavy (non-hydrogen) atoms. The smallest absolute Gasteiger partial charge is 0.412 e. The third-order valence-corrected chi connectivity index (χ3v) is 2.94. The second kappa shape index (κ2) is 4.49. The molecule has 1 fully saturated rings. The largest absolute Gasteiger partial charge is 0.444 e. The SMILES string of the molecule is CC(C)(C)OC(=O)Nc1ccc(F)cc1C1(N)CC1. The number of halogens is 1. The van der Waals surface area contributed by atoms with E-state index in [0.717, 1.165) is 12.8 Å². The molecule has 0 spiro atoms. The Labute approximate surface area is 112 Å². The van der Waals surface area contributed by atoms with E-state index >= 15 is 0 Å². The van der Waals surface area contributed by atoms with Crippen molar-refractivity contribution in [2.75, 3.05) is 5.32 Å². The van der Waals surface area contributed by atoms with E-state index in [9.17, 15) is 9.18 Å². The summed E-state index contributed by atoms with van der Waals surface area (Å²) in [6.07, 6.45) is 1.02. The molecule has 0 aromatic heterocycles. The quantitative estimate of drug-likeness (QED) is 0.864. The van der Waals surface area contributed by atoms with E-state index in [-0.39, 0.29) is 5.82 Å². The Morgan fingerprint density at radius 3 is 2.58 bits per heavy atom. The standard InChI is InChI=1S/C14H19FN2O2/c1-13(2,3)19-12(18)17-11-5-4-9(15)8-10(11)14(16)6-7-14/h4-5,8H,6-7,16H2,1-3H3,(H,17,18). The summed E-state index contributed by atoms with van der Waals surface area (Å²) in [6.45, 7) is 5.34. The lowest BCUT2D eigenvalue weighted by Gasteiger charge is -2.21. The Bertz CT molecular complexity index is 505. The molecular weight excluding hydrogens is 247 g/mol. The van der Waals surface area contributed by atoms with E-state index in [1.807, 2.05) is 0 Å². The van der Waals surface area contributed by atoms with E-state index in [2.05, 4.69) is 5.32 Å². The minimum atomic E-state index is -0.579. The molecule has 1 aromatic rings. The van der Waals surface area contributed by atoms with Gasteiger partial charge in [-0.25, -0.2) is 9.18 Å². The van der Waals surface area contributed by atoms with Gasteiger partial charge in [0, 0.05) is 11.2 Å². The maximum Gasteiger partial charge on any atom is 0.412 e. The third-order valence-electron chi connectivity index (χ3n) is 2.94. The molecule has 4 nitrogen and oxygen atoms in total. The molecule has 0 aliphatic heterocycles. The van der Waals surface area contributed by atoms with Crippen LogP contribution in [0.1, 0.15) is 39.2 Å². The second-order valence-electron chi connectivity index (χ2n) is 5.97. The van der Waals surface area contributed by atoms with Crippen molar-refractivity contribution in [3.8, 4) is 0 Å². The average molecular weight is 266 g/mol. The topological polar surface area (TPSA) is 64.3 Å². The number of rotatable bonds is 2. The molecule has 0 atom stereocenters. The van der Waals surface area contributed by atoms with E-state index in [1.54, 1.807) is 20.8 Å². The van der Waals surface area contributed by atoms with Crippen LogP contribution in [-0.4, -0.2) is 11.7 Å². The van der Waals surface area contributed by atoms with Crippen molar-refractivity contribution in [1.29, 1.82) is 0 Å². The van der Waals surface area contributed by atoms with Gasteiger partial charge in [-0.3, -0.25) is 5.32 Å². The normalized spacial score (nSPS) is 16.9. The highest BCUT2D eigenvalue weighted by atomic mass is 19.1. The Morgan fingerprint density at radius 2 is 2.05 bits per heavy atom. The Hall–Kier alpha value is -1.62. The first-order valence-corrected chi connectivity index (χ1v) is 6.29. The number of nitrogens with two attached hydrogens (primary N) is 1. The van der Waals surface area contributed by atoms with Gasteiger partial charge in [-0.15, -0.1) is 0 Å². The van der Waals surface area contributed by atoms with Crippen molar-refractivity contribution in [3.05, 3.63) is 29.6 Å². The molecule has 0 radical (unpaired) electrons. The molecule has 1 aromatic carbocycles. The number of anilines is 1. The highest BCUT2D eigenvalue weighted by Gasteiger charge is 2.42. The summed E-state index contributed by atoms with van der Waals surface area (Å²) in [5.41, 5.74) is 6.11. The minimum Gasteiger partial charge on any atom is -0.444 e. The number of hydrogen-bond acceptors (Lipinski definition) is 3. The molecule has 2 rings (SSSR count). The summed E-state index contributed by atoms with van der Waals surface area (Å²) >= 11 is 0. The summed E-state index contributed by atoms with van der Waals surface area (Å²) < 4.78 is 18.5. The summed E-state index contributed by atoms with van der Waals surface area (Å²) in [7, 11) is 0. The fourth-order valence-corrected chi connectivity index (χ4v) is 1.85. The number of carbonyl (C=O) groups is 1. The maximum atomic E-state index is 13.3. The number of nitrogens with one attached hydrogen (secondary N) is 1. The highest BCUT2D eigenvalue weighted by Crippen LogP contribution is 2.45. The van der Waals surface area contributed by atoms with Gasteiger partial charge in [0.25, 0.3) is 0 Å². The fraction of sp³-hybridized carbons (Fsp3) is 0.500. The number of amides is 1. The molecular formula is C14H19FN2O2. The lowest BCUT2D eigenvalue weighted by Crippen LogP contribution is -2.29. The highest BCUT2D eigenvalue weighted by molar-refractivity contribution is 5.86. The Morgan fingerprint density at radius 1 is 1.42 bits per heavy atom. The van der Waals surface area contributed by atoms with Crippen molar-refractivity contribution in [1.82, 2.24) is 0 Å². The Kier molecular flexibility index (Phi) is 3.26. The minimum absolute atomic E-state index is 0.360. The first-order valence-electron chi connectivity index (χ1n) is 6.29. The zero-order valence-corrected chi connectivity index (χ0v) is 11.4. The molecule has 104 valence electrons. The molecule has 0 heterocycles. The van der Waals surface area contributed by atoms with Gasteiger partial charge in [0.15, 0.2) is 0 Å². The average Bonchev–Trinajstić information content (AvgIpc) is 2.97. The third kappa shape index (κ3) is 3.44. The van der Waals surface area contributed by atoms with E-state index in [1.165, 1.54) is 18.2 Å². The number of ether oxygens (including phenoxy) is 1. The summed E-state index contributed by atoms with van der Waals surface area (Å²) in [4.78, 5) is 11.7. The van der Waals surface area contributed by atoms with Gasteiger partial charge >= 0.3 is 6.09 Å². The number of carbonyl (C=O) groups excluding carboxylic acids is 1. The van der Waals surface area contributed by atoms with Gasteiger partial charge in [0.05, 0.1) is 0 Å². The maximum absolute atomic E-state index is 13.3. The van der Waals surface area contributed by atoms with Crippen LogP contribution >= 0.6 is 0 Å². The van der Waals surface area contributed by atoms with Crippen molar-refractivity contribution >= 4 is 11.8 Å². The van der Waals surface area contributed by atoms with Gasteiger partial charge in [0.1, 0.15) is 11.4 Å². The van der Waals surface area contributed by atoms with Gasteiger partial charge in [-0.2, -0.15) is 0 Å². The van der Waals surface area contributed by atoms with Crippen molar-refractivity contribution < 1.29 is 13.9 Å². The summed E-state index contributed by atoms with van der Waals surface area (Å²) in [6, 6.07) is 4.18. The van der Waals surface area contributed by atoms with Crippen molar-refractivity contribution in [2.45, 2.75) is 44.8 Å². The van der Waals surface area contributed by atoms with E-state index in [4.69, 9.17) is 10.5 Å². The van der Waals surface area contributed by atoms with Gasteiger partial charge in [-0.1, -0.05) is 0 Å². The zero-order chi connectivity index (χ0) is 14.3. The summed E-state index contributed by atoms with van der Waals surface area (Å²) in [5, 5.41) is 2.63. The first kappa shape index (κ1) is 13.8. The second-order valence-corrected chi connectivity index (χ2v) is 5.97. The van der Waals surface area contributed by atoms with Crippen LogP contribution < -0.4 is 11.1 Å². The van der Waals surface area contributed by atoms with Crippen LogP contribution in [-0.2, 0) is 10.3 Å². The predicted molar refractivity (Wildman–Crippen MR) is 71.4 cm³/mol. The van der Waals surface area contributed by atoms with Crippen molar-refractivity contribution in [3.63, 3.8) is 0 Å².